The van der Waals surface area contributed by atoms with Crippen LogP contribution in [0.5, 0.6) is 0 Å². The van der Waals surface area contributed by atoms with E-state index in [2.05, 4.69) is 36.0 Å². The maximum Gasteiger partial charge on any atom is 0.0769 e. The molecular weight excluding hydrogens is 182 g/mol. The van der Waals surface area contributed by atoms with E-state index in [1.165, 1.54) is 11.1 Å². The van der Waals surface area contributed by atoms with E-state index in [1.54, 1.807) is 0 Å². The highest BCUT2D eigenvalue weighted by molar-refractivity contribution is 7.98. The van der Waals surface area contributed by atoms with Gasteiger partial charge < -0.3 is 4.84 Å². The minimum Gasteiger partial charge on any atom is -0.304 e. The maximum atomic E-state index is 4.91. The average Bonchev–Trinajstić information content (AvgIpc) is 2.15. The van der Waals surface area contributed by atoms with Crippen molar-refractivity contribution in [2.24, 2.45) is 5.90 Å². The number of nitrogens with two attached hydrogens (primary N) is 1. The van der Waals surface area contributed by atoms with E-state index in [0.717, 1.165) is 11.5 Å². The first-order valence-corrected chi connectivity index (χ1v) is 5.43. The molecular formula is C10H15NOS. The second-order valence-electron chi connectivity index (χ2n) is 2.91. The monoisotopic (exact) mass is 197 g/mol. The highest BCUT2D eigenvalue weighted by Gasteiger charge is 1.92. The van der Waals surface area contributed by atoms with Crippen molar-refractivity contribution in [2.75, 3.05) is 12.4 Å². The summed E-state index contributed by atoms with van der Waals surface area (Å²) in [4.78, 5) is 4.48. The van der Waals surface area contributed by atoms with Crippen molar-refractivity contribution in [1.82, 2.24) is 0 Å². The summed E-state index contributed by atoms with van der Waals surface area (Å²) < 4.78 is 0. The lowest BCUT2D eigenvalue weighted by Crippen LogP contribution is -2.02. The van der Waals surface area contributed by atoms with Crippen LogP contribution in [-0.4, -0.2) is 12.4 Å². The van der Waals surface area contributed by atoms with Gasteiger partial charge in [0.2, 0.25) is 0 Å². The molecule has 0 aromatic heterocycles. The van der Waals surface area contributed by atoms with Crippen LogP contribution in [-0.2, 0) is 10.6 Å². The van der Waals surface area contributed by atoms with Crippen LogP contribution >= 0.6 is 11.8 Å². The molecule has 0 saturated heterocycles. The van der Waals surface area contributed by atoms with Crippen LogP contribution in [0, 0.1) is 6.92 Å². The molecule has 72 valence electrons. The largest absolute Gasteiger partial charge is 0.304 e. The summed E-state index contributed by atoms with van der Waals surface area (Å²) in [6.45, 7) is 2.72. The Morgan fingerprint density at radius 2 is 2.00 bits per heavy atom. The van der Waals surface area contributed by atoms with Gasteiger partial charge in [-0.1, -0.05) is 29.8 Å². The number of benzene rings is 1. The van der Waals surface area contributed by atoms with Crippen LogP contribution in [0.25, 0.3) is 0 Å². The molecule has 0 aliphatic heterocycles. The van der Waals surface area contributed by atoms with E-state index in [0.29, 0.717) is 6.61 Å². The summed E-state index contributed by atoms with van der Waals surface area (Å²) in [5, 5.41) is 0. The molecule has 2 nitrogen and oxygen atoms in total. The zero-order valence-electron chi connectivity index (χ0n) is 7.82. The van der Waals surface area contributed by atoms with Crippen molar-refractivity contribution in [3.8, 4) is 0 Å². The molecule has 0 bridgehead atoms. The van der Waals surface area contributed by atoms with Gasteiger partial charge in [0.25, 0.3) is 0 Å². The molecule has 0 atom stereocenters. The smallest absolute Gasteiger partial charge is 0.0769 e. The fourth-order valence-corrected chi connectivity index (χ4v) is 1.77. The molecule has 1 aromatic carbocycles. The van der Waals surface area contributed by atoms with Gasteiger partial charge in [-0.25, -0.2) is 5.90 Å². The number of aryl methyl sites for hydroxylation is 1. The molecule has 1 rings (SSSR count). The molecule has 0 spiro atoms. The summed E-state index contributed by atoms with van der Waals surface area (Å²) in [7, 11) is 0. The fraction of sp³-hybridized carbons (Fsp3) is 0.400. The van der Waals surface area contributed by atoms with E-state index in [-0.39, 0.29) is 0 Å². The molecule has 13 heavy (non-hydrogen) atoms. The predicted molar refractivity (Wildman–Crippen MR) is 57.5 cm³/mol. The minimum atomic E-state index is 0.622. The van der Waals surface area contributed by atoms with Gasteiger partial charge in [0.05, 0.1) is 6.61 Å². The minimum absolute atomic E-state index is 0.622. The zero-order chi connectivity index (χ0) is 9.52. The van der Waals surface area contributed by atoms with Crippen molar-refractivity contribution in [3.05, 3.63) is 35.4 Å². The first-order chi connectivity index (χ1) is 6.33. The number of hydrogen-bond acceptors (Lipinski definition) is 3. The zero-order valence-corrected chi connectivity index (χ0v) is 8.64. The topological polar surface area (TPSA) is 35.2 Å². The lowest BCUT2D eigenvalue weighted by atomic mass is 10.2. The molecule has 0 fully saturated rings. The lowest BCUT2D eigenvalue weighted by molar-refractivity contribution is 0.155. The normalized spacial score (nSPS) is 10.3. The van der Waals surface area contributed by atoms with Crippen LogP contribution in [0.1, 0.15) is 11.1 Å². The third-order valence-corrected chi connectivity index (χ3v) is 2.73. The molecule has 0 aliphatic carbocycles. The molecule has 0 amide bonds. The van der Waals surface area contributed by atoms with Crippen molar-refractivity contribution >= 4 is 11.8 Å². The Hall–Kier alpha value is -0.510. The van der Waals surface area contributed by atoms with E-state index < -0.39 is 0 Å². The molecule has 0 saturated carbocycles. The third kappa shape index (κ3) is 4.31. The molecule has 0 unspecified atom stereocenters. The number of thioether (sulfide) groups is 1. The van der Waals surface area contributed by atoms with E-state index in [9.17, 15) is 0 Å². The predicted octanol–water partition coefficient (Wildman–Crippen LogP) is 2.12. The Labute approximate surface area is 83.4 Å². The van der Waals surface area contributed by atoms with Crippen molar-refractivity contribution in [1.29, 1.82) is 0 Å². The summed E-state index contributed by atoms with van der Waals surface area (Å²) >= 11 is 1.83. The Morgan fingerprint density at radius 3 is 2.62 bits per heavy atom. The van der Waals surface area contributed by atoms with Gasteiger partial charge in [-0.2, -0.15) is 11.8 Å². The number of hydrogen-bond donors (Lipinski definition) is 1. The highest BCUT2D eigenvalue weighted by atomic mass is 32.2. The Morgan fingerprint density at radius 1 is 1.31 bits per heavy atom. The number of rotatable bonds is 5. The SMILES string of the molecule is Cc1ccc(CSCCON)cc1. The fourth-order valence-electron chi connectivity index (χ4n) is 0.981. The molecule has 0 radical (unpaired) electrons. The van der Waals surface area contributed by atoms with Gasteiger partial charge >= 0.3 is 0 Å². The van der Waals surface area contributed by atoms with Gasteiger partial charge in [0, 0.05) is 11.5 Å². The van der Waals surface area contributed by atoms with Gasteiger partial charge in [0.1, 0.15) is 0 Å². The van der Waals surface area contributed by atoms with E-state index in [1.807, 2.05) is 11.8 Å². The average molecular weight is 197 g/mol. The van der Waals surface area contributed by atoms with Gasteiger partial charge in [-0.05, 0) is 12.5 Å². The van der Waals surface area contributed by atoms with Crippen molar-refractivity contribution in [2.45, 2.75) is 12.7 Å². The maximum absolute atomic E-state index is 4.91. The molecule has 1 aromatic rings. The first-order valence-electron chi connectivity index (χ1n) is 4.28. The van der Waals surface area contributed by atoms with Crippen molar-refractivity contribution in [3.63, 3.8) is 0 Å². The Kier molecular flexibility index (Phi) is 4.90. The second-order valence-corrected chi connectivity index (χ2v) is 4.01. The second kappa shape index (κ2) is 6.02. The van der Waals surface area contributed by atoms with Crippen LogP contribution in [0.3, 0.4) is 0 Å². The standard InChI is InChI=1S/C10H15NOS/c1-9-2-4-10(5-3-9)8-13-7-6-12-11/h2-5H,6-8,11H2,1H3. The molecule has 3 heteroatoms. The highest BCUT2D eigenvalue weighted by Crippen LogP contribution is 2.12. The van der Waals surface area contributed by atoms with E-state index in [4.69, 9.17) is 5.90 Å². The summed E-state index contributed by atoms with van der Waals surface area (Å²) in [5.41, 5.74) is 2.66. The first kappa shape index (κ1) is 10.6. The van der Waals surface area contributed by atoms with Gasteiger partial charge in [-0.15, -0.1) is 0 Å². The molecule has 2 N–H and O–H groups in total. The summed E-state index contributed by atoms with van der Waals surface area (Å²) in [5.74, 6) is 6.89. The van der Waals surface area contributed by atoms with Gasteiger partial charge in [-0.3, -0.25) is 0 Å². The van der Waals surface area contributed by atoms with Crippen LogP contribution < -0.4 is 5.90 Å². The Balaban J connectivity index is 2.25. The summed E-state index contributed by atoms with van der Waals surface area (Å²) in [6.07, 6.45) is 0. The molecule has 0 heterocycles. The summed E-state index contributed by atoms with van der Waals surface area (Å²) in [6, 6.07) is 8.59. The Bertz CT molecular complexity index is 235. The van der Waals surface area contributed by atoms with Crippen LogP contribution in [0.15, 0.2) is 24.3 Å². The van der Waals surface area contributed by atoms with E-state index >= 15 is 0 Å². The van der Waals surface area contributed by atoms with Gasteiger partial charge in [0.15, 0.2) is 0 Å². The van der Waals surface area contributed by atoms with Crippen LogP contribution in [0.4, 0.5) is 0 Å². The van der Waals surface area contributed by atoms with Crippen LogP contribution in [0.2, 0.25) is 0 Å². The quantitative estimate of drug-likeness (QED) is 0.580. The van der Waals surface area contributed by atoms with Crippen molar-refractivity contribution < 1.29 is 4.84 Å². The third-order valence-electron chi connectivity index (χ3n) is 1.73. The lowest BCUT2D eigenvalue weighted by Gasteiger charge is -2.01. The molecule has 0 aliphatic rings.